The smallest absolute Gasteiger partial charge is 0.163 e. The van der Waals surface area contributed by atoms with Crippen LogP contribution < -0.4 is 5.73 Å². The van der Waals surface area contributed by atoms with Crippen LogP contribution >= 0.6 is 0 Å². The topological polar surface area (TPSA) is 69.6 Å². The zero-order valence-electron chi connectivity index (χ0n) is 9.56. The van der Waals surface area contributed by atoms with Crippen LogP contribution in [0.5, 0.6) is 0 Å². The van der Waals surface area contributed by atoms with Gasteiger partial charge in [0.05, 0.1) is 0 Å². The van der Waals surface area contributed by atoms with Crippen molar-refractivity contribution >= 4 is 5.82 Å². The molecule has 0 atom stereocenters. The molecule has 0 saturated heterocycles. The summed E-state index contributed by atoms with van der Waals surface area (Å²) in [4.78, 5) is 8.70. The Kier molecular flexibility index (Phi) is 2.49. The van der Waals surface area contributed by atoms with Crippen LogP contribution in [0, 0.1) is 0 Å². The van der Waals surface area contributed by atoms with Crippen molar-refractivity contribution in [1.29, 1.82) is 0 Å². The van der Waals surface area contributed by atoms with Crippen LogP contribution in [0.15, 0.2) is 54.9 Å². The third-order valence-corrected chi connectivity index (χ3v) is 2.50. The average molecular weight is 237 g/mol. The molecule has 0 unspecified atom stereocenters. The molecule has 2 heterocycles. The molecule has 88 valence electrons. The minimum atomic E-state index is 0.425. The SMILES string of the molecule is Nc1cc(-n2cccn2)nc(-c2ccccc2)n1. The summed E-state index contributed by atoms with van der Waals surface area (Å²) in [5.41, 5.74) is 6.74. The number of nitrogens with two attached hydrogens (primary N) is 1. The van der Waals surface area contributed by atoms with Crippen LogP contribution in [0.1, 0.15) is 0 Å². The molecule has 3 aromatic rings. The lowest BCUT2D eigenvalue weighted by atomic mass is 10.2. The highest BCUT2D eigenvalue weighted by Gasteiger charge is 2.06. The number of hydrogen-bond donors (Lipinski definition) is 1. The lowest BCUT2D eigenvalue weighted by molar-refractivity contribution is 0.843. The summed E-state index contributed by atoms with van der Waals surface area (Å²) in [6.07, 6.45) is 3.51. The van der Waals surface area contributed by atoms with Gasteiger partial charge in [0.15, 0.2) is 11.6 Å². The maximum atomic E-state index is 5.81. The number of rotatable bonds is 2. The van der Waals surface area contributed by atoms with E-state index in [1.54, 1.807) is 16.9 Å². The summed E-state index contributed by atoms with van der Waals surface area (Å²) in [5.74, 6) is 1.68. The Morgan fingerprint density at radius 2 is 1.83 bits per heavy atom. The lowest BCUT2D eigenvalue weighted by Gasteiger charge is -2.05. The average Bonchev–Trinajstić information content (AvgIpc) is 2.93. The predicted molar refractivity (Wildman–Crippen MR) is 69.0 cm³/mol. The molecular formula is C13H11N5. The normalized spacial score (nSPS) is 10.4. The van der Waals surface area contributed by atoms with Crippen LogP contribution in [0.25, 0.3) is 17.2 Å². The quantitative estimate of drug-likeness (QED) is 0.739. The molecule has 0 bridgehead atoms. The second-order valence-corrected chi connectivity index (χ2v) is 3.79. The van der Waals surface area contributed by atoms with Gasteiger partial charge in [0.1, 0.15) is 5.82 Å². The number of benzene rings is 1. The molecule has 0 aliphatic rings. The van der Waals surface area contributed by atoms with E-state index >= 15 is 0 Å². The molecule has 0 spiro atoms. The van der Waals surface area contributed by atoms with Crippen LogP contribution in [0.4, 0.5) is 5.82 Å². The molecule has 3 rings (SSSR count). The third kappa shape index (κ3) is 1.93. The van der Waals surface area contributed by atoms with Gasteiger partial charge in [-0.1, -0.05) is 30.3 Å². The van der Waals surface area contributed by atoms with Crippen LogP contribution in [-0.4, -0.2) is 19.7 Å². The fourth-order valence-electron chi connectivity index (χ4n) is 1.69. The first-order chi connectivity index (χ1) is 8.83. The fourth-order valence-corrected chi connectivity index (χ4v) is 1.69. The Morgan fingerprint density at radius 3 is 2.56 bits per heavy atom. The van der Waals surface area contributed by atoms with Crippen molar-refractivity contribution in [3.63, 3.8) is 0 Å². The Bertz CT molecular complexity index is 646. The number of hydrogen-bond acceptors (Lipinski definition) is 4. The molecule has 5 heteroatoms. The van der Waals surface area contributed by atoms with Crippen LogP contribution in [0.3, 0.4) is 0 Å². The Balaban J connectivity index is 2.12. The van der Waals surface area contributed by atoms with Gasteiger partial charge < -0.3 is 5.73 Å². The molecule has 0 fully saturated rings. The van der Waals surface area contributed by atoms with Crippen LogP contribution in [-0.2, 0) is 0 Å². The Morgan fingerprint density at radius 1 is 1.00 bits per heavy atom. The van der Waals surface area contributed by atoms with E-state index in [9.17, 15) is 0 Å². The van der Waals surface area contributed by atoms with Crippen molar-refractivity contribution in [2.24, 2.45) is 0 Å². The Labute approximate surface area is 104 Å². The first-order valence-electron chi connectivity index (χ1n) is 5.53. The van der Waals surface area contributed by atoms with Crippen LogP contribution in [0.2, 0.25) is 0 Å². The third-order valence-electron chi connectivity index (χ3n) is 2.50. The highest BCUT2D eigenvalue weighted by atomic mass is 15.3. The highest BCUT2D eigenvalue weighted by molar-refractivity contribution is 5.58. The standard InChI is InChI=1S/C13H11N5/c14-11-9-12(18-8-4-7-15-18)17-13(16-11)10-5-2-1-3-6-10/h1-9H,(H2,14,16,17). The van der Waals surface area contributed by atoms with E-state index in [2.05, 4.69) is 15.1 Å². The predicted octanol–water partition coefficient (Wildman–Crippen LogP) is 1.91. The van der Waals surface area contributed by atoms with Gasteiger partial charge >= 0.3 is 0 Å². The van der Waals surface area contributed by atoms with E-state index < -0.39 is 0 Å². The summed E-state index contributed by atoms with van der Waals surface area (Å²) in [6.45, 7) is 0. The Hall–Kier alpha value is -2.69. The first kappa shape index (κ1) is 10.5. The fraction of sp³-hybridized carbons (Fsp3) is 0. The van der Waals surface area contributed by atoms with Crippen molar-refractivity contribution < 1.29 is 0 Å². The van der Waals surface area contributed by atoms with Gasteiger partial charge in [0, 0.05) is 24.0 Å². The maximum absolute atomic E-state index is 5.81. The molecule has 2 N–H and O–H groups in total. The summed E-state index contributed by atoms with van der Waals surface area (Å²) in [5, 5.41) is 4.13. The second-order valence-electron chi connectivity index (χ2n) is 3.79. The number of anilines is 1. The van der Waals surface area contributed by atoms with E-state index in [4.69, 9.17) is 5.73 Å². The molecule has 0 saturated carbocycles. The molecule has 0 aliphatic carbocycles. The van der Waals surface area contributed by atoms with E-state index in [0.29, 0.717) is 17.5 Å². The summed E-state index contributed by atoms with van der Waals surface area (Å²) in [7, 11) is 0. The molecular weight excluding hydrogens is 226 g/mol. The summed E-state index contributed by atoms with van der Waals surface area (Å²) < 4.78 is 1.66. The number of nitrogen functional groups attached to an aromatic ring is 1. The van der Waals surface area contributed by atoms with Gasteiger partial charge in [-0.3, -0.25) is 0 Å². The molecule has 0 amide bonds. The van der Waals surface area contributed by atoms with E-state index in [1.807, 2.05) is 42.6 Å². The monoisotopic (exact) mass is 237 g/mol. The molecule has 0 aliphatic heterocycles. The molecule has 5 nitrogen and oxygen atoms in total. The minimum Gasteiger partial charge on any atom is -0.384 e. The largest absolute Gasteiger partial charge is 0.384 e. The van der Waals surface area contributed by atoms with Crippen molar-refractivity contribution in [1.82, 2.24) is 19.7 Å². The molecule has 1 aromatic carbocycles. The zero-order valence-corrected chi connectivity index (χ0v) is 9.56. The molecule has 2 aromatic heterocycles. The van der Waals surface area contributed by atoms with Gasteiger partial charge in [-0.2, -0.15) is 5.10 Å². The number of aromatic nitrogens is 4. The van der Waals surface area contributed by atoms with Gasteiger partial charge in [-0.25, -0.2) is 14.6 Å². The summed E-state index contributed by atoms with van der Waals surface area (Å²) in [6, 6.07) is 13.2. The van der Waals surface area contributed by atoms with Gasteiger partial charge in [-0.05, 0) is 6.07 Å². The van der Waals surface area contributed by atoms with E-state index in [-0.39, 0.29) is 0 Å². The minimum absolute atomic E-state index is 0.425. The van der Waals surface area contributed by atoms with Crippen molar-refractivity contribution in [3.8, 4) is 17.2 Å². The highest BCUT2D eigenvalue weighted by Crippen LogP contribution is 2.17. The molecule has 18 heavy (non-hydrogen) atoms. The summed E-state index contributed by atoms with van der Waals surface area (Å²) >= 11 is 0. The van der Waals surface area contributed by atoms with E-state index in [1.165, 1.54) is 0 Å². The van der Waals surface area contributed by atoms with Gasteiger partial charge in [0.2, 0.25) is 0 Å². The van der Waals surface area contributed by atoms with Gasteiger partial charge in [-0.15, -0.1) is 0 Å². The maximum Gasteiger partial charge on any atom is 0.163 e. The first-order valence-corrected chi connectivity index (χ1v) is 5.53. The van der Waals surface area contributed by atoms with E-state index in [0.717, 1.165) is 5.56 Å². The van der Waals surface area contributed by atoms with Gasteiger partial charge in [0.25, 0.3) is 0 Å². The van der Waals surface area contributed by atoms with Crippen molar-refractivity contribution in [2.45, 2.75) is 0 Å². The molecule has 0 radical (unpaired) electrons. The van der Waals surface area contributed by atoms with Crippen molar-refractivity contribution in [3.05, 3.63) is 54.9 Å². The zero-order chi connectivity index (χ0) is 12.4. The number of nitrogens with zero attached hydrogens (tertiary/aromatic N) is 4. The second kappa shape index (κ2) is 4.29. The van der Waals surface area contributed by atoms with Crippen molar-refractivity contribution in [2.75, 3.05) is 5.73 Å². The lowest BCUT2D eigenvalue weighted by Crippen LogP contribution is -2.03.